The van der Waals surface area contributed by atoms with Gasteiger partial charge in [-0.15, -0.1) is 0 Å². The average Bonchev–Trinajstić information content (AvgIpc) is 2.20. The Morgan fingerprint density at radius 1 is 1.19 bits per heavy atom. The van der Waals surface area contributed by atoms with Crippen molar-refractivity contribution >= 4 is 5.97 Å². The average molecular weight is 233 g/mol. The number of carbonyl (C=O) groups is 1. The molecule has 2 N–H and O–H groups in total. The van der Waals surface area contributed by atoms with Crippen LogP contribution in [0.4, 0.5) is 0 Å². The first kappa shape index (κ1) is 15.3. The summed E-state index contributed by atoms with van der Waals surface area (Å²) in [4.78, 5) is 11.5. The molecule has 0 saturated heterocycles. The standard InChI is InChI=1S/C11H23NO4/c1-11(2,3)9(12)10(13)16-8-7-15-6-5-14-4/h9H,5-8,12H2,1-4H3/t9-/m0/s1. The minimum Gasteiger partial charge on any atom is -0.462 e. The molecule has 0 aromatic heterocycles. The Morgan fingerprint density at radius 3 is 2.25 bits per heavy atom. The molecule has 0 amide bonds. The molecule has 0 aliphatic rings. The van der Waals surface area contributed by atoms with Crippen molar-refractivity contribution in [1.29, 1.82) is 0 Å². The van der Waals surface area contributed by atoms with E-state index in [1.54, 1.807) is 7.11 Å². The topological polar surface area (TPSA) is 70.8 Å². The molecule has 0 aliphatic heterocycles. The molecule has 0 saturated carbocycles. The molecule has 0 bridgehead atoms. The SMILES string of the molecule is COCCOCCOC(=O)[C@H](N)C(C)(C)C. The van der Waals surface area contributed by atoms with Crippen molar-refractivity contribution in [2.24, 2.45) is 11.1 Å². The van der Waals surface area contributed by atoms with Crippen molar-refractivity contribution in [2.75, 3.05) is 33.5 Å². The molecule has 0 spiro atoms. The van der Waals surface area contributed by atoms with Gasteiger partial charge in [0.05, 0.1) is 19.8 Å². The van der Waals surface area contributed by atoms with Gasteiger partial charge in [0.15, 0.2) is 0 Å². The monoisotopic (exact) mass is 233 g/mol. The number of carbonyl (C=O) groups excluding carboxylic acids is 1. The fourth-order valence-corrected chi connectivity index (χ4v) is 0.889. The van der Waals surface area contributed by atoms with Gasteiger partial charge in [-0.05, 0) is 5.41 Å². The van der Waals surface area contributed by atoms with E-state index in [1.165, 1.54) is 0 Å². The summed E-state index contributed by atoms with van der Waals surface area (Å²) in [5.41, 5.74) is 5.44. The van der Waals surface area contributed by atoms with Crippen LogP contribution in [-0.2, 0) is 19.0 Å². The molecule has 0 heterocycles. The molecule has 0 unspecified atom stereocenters. The van der Waals surface area contributed by atoms with E-state index >= 15 is 0 Å². The van der Waals surface area contributed by atoms with Gasteiger partial charge in [0.25, 0.3) is 0 Å². The number of ether oxygens (including phenoxy) is 3. The van der Waals surface area contributed by atoms with Crippen LogP contribution in [0.2, 0.25) is 0 Å². The second-order valence-corrected chi connectivity index (χ2v) is 4.62. The highest BCUT2D eigenvalue weighted by Gasteiger charge is 2.28. The van der Waals surface area contributed by atoms with Gasteiger partial charge in [-0.2, -0.15) is 0 Å². The van der Waals surface area contributed by atoms with E-state index in [0.29, 0.717) is 19.8 Å². The lowest BCUT2D eigenvalue weighted by atomic mass is 9.87. The smallest absolute Gasteiger partial charge is 0.323 e. The molecular formula is C11H23NO4. The van der Waals surface area contributed by atoms with Gasteiger partial charge < -0.3 is 19.9 Å². The lowest BCUT2D eigenvalue weighted by molar-refractivity contribution is -0.149. The van der Waals surface area contributed by atoms with Crippen LogP contribution in [-0.4, -0.2) is 45.5 Å². The fourth-order valence-electron chi connectivity index (χ4n) is 0.889. The zero-order chi connectivity index (χ0) is 12.6. The van der Waals surface area contributed by atoms with Gasteiger partial charge in [0, 0.05) is 7.11 Å². The number of methoxy groups -OCH3 is 1. The quantitative estimate of drug-likeness (QED) is 0.514. The van der Waals surface area contributed by atoms with E-state index in [9.17, 15) is 4.79 Å². The number of hydrogen-bond donors (Lipinski definition) is 1. The first-order chi connectivity index (χ1) is 7.39. The second kappa shape index (κ2) is 7.60. The molecule has 0 radical (unpaired) electrons. The number of rotatable bonds is 7. The first-order valence-corrected chi connectivity index (χ1v) is 5.38. The van der Waals surface area contributed by atoms with E-state index in [0.717, 1.165) is 0 Å². The van der Waals surface area contributed by atoms with Crippen molar-refractivity contribution in [3.05, 3.63) is 0 Å². The van der Waals surface area contributed by atoms with Gasteiger partial charge in [-0.25, -0.2) is 0 Å². The van der Waals surface area contributed by atoms with Gasteiger partial charge >= 0.3 is 5.97 Å². The maximum absolute atomic E-state index is 11.5. The molecule has 16 heavy (non-hydrogen) atoms. The summed E-state index contributed by atoms with van der Waals surface area (Å²) in [6, 6.07) is -0.605. The van der Waals surface area contributed by atoms with Crippen LogP contribution >= 0.6 is 0 Å². The van der Waals surface area contributed by atoms with Crippen LogP contribution < -0.4 is 5.73 Å². The zero-order valence-electron chi connectivity index (χ0n) is 10.6. The number of nitrogens with two attached hydrogens (primary N) is 1. The van der Waals surface area contributed by atoms with E-state index < -0.39 is 6.04 Å². The third kappa shape index (κ3) is 6.76. The maximum atomic E-state index is 11.5. The Bertz CT molecular complexity index is 201. The van der Waals surface area contributed by atoms with Crippen LogP contribution in [0.15, 0.2) is 0 Å². The van der Waals surface area contributed by atoms with Gasteiger partial charge in [0.1, 0.15) is 12.6 Å². The largest absolute Gasteiger partial charge is 0.462 e. The van der Waals surface area contributed by atoms with E-state index in [2.05, 4.69) is 0 Å². The van der Waals surface area contributed by atoms with Crippen molar-refractivity contribution in [1.82, 2.24) is 0 Å². The van der Waals surface area contributed by atoms with Crippen molar-refractivity contribution in [3.63, 3.8) is 0 Å². The van der Waals surface area contributed by atoms with Crippen molar-refractivity contribution in [2.45, 2.75) is 26.8 Å². The third-order valence-corrected chi connectivity index (χ3v) is 2.09. The summed E-state index contributed by atoms with van der Waals surface area (Å²) in [5, 5.41) is 0. The second-order valence-electron chi connectivity index (χ2n) is 4.62. The summed E-state index contributed by atoms with van der Waals surface area (Å²) in [5.74, 6) is -0.386. The Labute approximate surface area is 97.2 Å². The highest BCUT2D eigenvalue weighted by atomic mass is 16.6. The summed E-state index contributed by atoms with van der Waals surface area (Å²) < 4.78 is 14.9. The lowest BCUT2D eigenvalue weighted by Gasteiger charge is -2.24. The molecule has 0 rings (SSSR count). The predicted octanol–water partition coefficient (Wildman–Crippen LogP) is 0.566. The van der Waals surface area contributed by atoms with Crippen LogP contribution in [0, 0.1) is 5.41 Å². The predicted molar refractivity (Wildman–Crippen MR) is 61.1 cm³/mol. The molecule has 1 atom stereocenters. The van der Waals surface area contributed by atoms with Crippen LogP contribution in [0.3, 0.4) is 0 Å². The molecule has 0 aliphatic carbocycles. The summed E-state index contributed by atoms with van der Waals surface area (Å²) >= 11 is 0. The van der Waals surface area contributed by atoms with Gasteiger partial charge in [0.2, 0.25) is 0 Å². The lowest BCUT2D eigenvalue weighted by Crippen LogP contribution is -2.43. The Hall–Kier alpha value is -0.650. The number of esters is 1. The third-order valence-electron chi connectivity index (χ3n) is 2.09. The van der Waals surface area contributed by atoms with Crippen LogP contribution in [0.5, 0.6) is 0 Å². The highest BCUT2D eigenvalue weighted by molar-refractivity contribution is 5.76. The van der Waals surface area contributed by atoms with Crippen LogP contribution in [0.25, 0.3) is 0 Å². The highest BCUT2D eigenvalue weighted by Crippen LogP contribution is 2.17. The summed E-state index contributed by atoms with van der Waals surface area (Å²) in [6.07, 6.45) is 0. The van der Waals surface area contributed by atoms with Crippen molar-refractivity contribution in [3.8, 4) is 0 Å². The van der Waals surface area contributed by atoms with E-state index in [-0.39, 0.29) is 18.0 Å². The molecule has 96 valence electrons. The minimum atomic E-state index is -0.605. The first-order valence-electron chi connectivity index (χ1n) is 5.38. The normalized spacial score (nSPS) is 13.6. The van der Waals surface area contributed by atoms with Crippen LogP contribution in [0.1, 0.15) is 20.8 Å². The molecular weight excluding hydrogens is 210 g/mol. The van der Waals surface area contributed by atoms with Gasteiger partial charge in [-0.3, -0.25) is 4.79 Å². The molecule has 5 nitrogen and oxygen atoms in total. The van der Waals surface area contributed by atoms with Gasteiger partial charge in [-0.1, -0.05) is 20.8 Å². The maximum Gasteiger partial charge on any atom is 0.323 e. The molecule has 0 fully saturated rings. The fraction of sp³-hybridized carbons (Fsp3) is 0.909. The zero-order valence-corrected chi connectivity index (χ0v) is 10.6. The van der Waals surface area contributed by atoms with E-state index in [1.807, 2.05) is 20.8 Å². The Balaban J connectivity index is 3.58. The molecule has 5 heteroatoms. The van der Waals surface area contributed by atoms with E-state index in [4.69, 9.17) is 19.9 Å². The number of hydrogen-bond acceptors (Lipinski definition) is 5. The minimum absolute atomic E-state index is 0.228. The van der Waals surface area contributed by atoms with Crippen molar-refractivity contribution < 1.29 is 19.0 Å². The summed E-state index contributed by atoms with van der Waals surface area (Å²) in [7, 11) is 1.60. The Morgan fingerprint density at radius 2 is 1.75 bits per heavy atom. The molecule has 0 aromatic rings. The summed E-state index contributed by atoms with van der Waals surface area (Å²) in [6.45, 7) is 7.32. The Kier molecular flexibility index (Phi) is 7.29. The molecule has 0 aromatic carbocycles.